The summed E-state index contributed by atoms with van der Waals surface area (Å²) < 4.78 is 0. The zero-order valence-corrected chi connectivity index (χ0v) is 11.7. The Kier molecular flexibility index (Phi) is 3.98. The molecule has 3 fully saturated rings. The molecule has 0 amide bonds. The summed E-state index contributed by atoms with van der Waals surface area (Å²) in [4.78, 5) is 2.81. The van der Waals surface area contributed by atoms with Gasteiger partial charge < -0.3 is 5.32 Å². The lowest BCUT2D eigenvalue weighted by Crippen LogP contribution is -2.63. The monoisotopic (exact) mass is 254 g/mol. The number of hydrogen-bond acceptors (Lipinski definition) is 3. The van der Waals surface area contributed by atoms with Gasteiger partial charge >= 0.3 is 0 Å². The van der Waals surface area contributed by atoms with Crippen molar-refractivity contribution in [2.75, 3.05) is 31.1 Å². The summed E-state index contributed by atoms with van der Waals surface area (Å²) in [5, 5.41) is 3.86. The van der Waals surface area contributed by atoms with Crippen molar-refractivity contribution in [2.24, 2.45) is 0 Å². The molecule has 1 atom stereocenters. The molecule has 2 nitrogen and oxygen atoms in total. The molecular formula is C14H26N2S. The Morgan fingerprint density at radius 2 is 2.00 bits per heavy atom. The first kappa shape index (κ1) is 12.3. The Balaban J connectivity index is 1.61. The zero-order chi connectivity index (χ0) is 11.6. The molecule has 0 aromatic heterocycles. The maximum atomic E-state index is 3.86. The van der Waals surface area contributed by atoms with E-state index in [1.807, 2.05) is 0 Å². The lowest BCUT2D eigenvalue weighted by Gasteiger charge is -2.49. The Bertz CT molecular complexity index is 239. The number of thioether (sulfide) groups is 1. The zero-order valence-electron chi connectivity index (χ0n) is 10.9. The average molecular weight is 254 g/mol. The third-order valence-electron chi connectivity index (χ3n) is 4.87. The predicted octanol–water partition coefficient (Wildman–Crippen LogP) is 2.49. The van der Waals surface area contributed by atoms with Crippen LogP contribution in [-0.4, -0.2) is 47.6 Å². The molecule has 0 aromatic carbocycles. The van der Waals surface area contributed by atoms with Gasteiger partial charge in [0.1, 0.15) is 0 Å². The third kappa shape index (κ3) is 2.82. The van der Waals surface area contributed by atoms with Gasteiger partial charge in [-0.05, 0) is 31.4 Å². The molecule has 1 unspecified atom stereocenters. The van der Waals surface area contributed by atoms with E-state index in [2.05, 4.69) is 22.0 Å². The standard InChI is InChI=1S/C14H26N2S/c1-2-6-14(7-3-1)12-16(9-8-15-14)13-5-4-10-17-11-13/h13,15H,1-12H2. The molecule has 1 saturated carbocycles. The number of nitrogens with zero attached hydrogens (tertiary/aromatic N) is 1. The third-order valence-corrected chi connectivity index (χ3v) is 6.07. The van der Waals surface area contributed by atoms with Crippen LogP contribution in [0.1, 0.15) is 44.9 Å². The maximum absolute atomic E-state index is 3.86. The van der Waals surface area contributed by atoms with Gasteiger partial charge in [-0.15, -0.1) is 0 Å². The minimum Gasteiger partial charge on any atom is -0.309 e. The summed E-state index contributed by atoms with van der Waals surface area (Å²) >= 11 is 2.17. The van der Waals surface area contributed by atoms with Crippen molar-refractivity contribution in [2.45, 2.75) is 56.5 Å². The second-order valence-corrected chi connectivity index (χ2v) is 7.26. The molecule has 3 aliphatic rings. The average Bonchev–Trinajstić information content (AvgIpc) is 2.41. The van der Waals surface area contributed by atoms with Crippen molar-refractivity contribution in [3.05, 3.63) is 0 Å². The molecule has 0 radical (unpaired) electrons. The molecular weight excluding hydrogens is 228 g/mol. The van der Waals surface area contributed by atoms with E-state index in [9.17, 15) is 0 Å². The number of nitrogens with one attached hydrogen (secondary N) is 1. The van der Waals surface area contributed by atoms with Crippen LogP contribution in [0.15, 0.2) is 0 Å². The van der Waals surface area contributed by atoms with E-state index >= 15 is 0 Å². The smallest absolute Gasteiger partial charge is 0.0309 e. The van der Waals surface area contributed by atoms with E-state index in [0.717, 1.165) is 6.04 Å². The van der Waals surface area contributed by atoms with Crippen LogP contribution in [0.25, 0.3) is 0 Å². The minimum absolute atomic E-state index is 0.499. The van der Waals surface area contributed by atoms with Gasteiger partial charge in [0.05, 0.1) is 0 Å². The summed E-state index contributed by atoms with van der Waals surface area (Å²) in [6, 6.07) is 0.884. The van der Waals surface area contributed by atoms with Crippen LogP contribution in [0.2, 0.25) is 0 Å². The van der Waals surface area contributed by atoms with Gasteiger partial charge in [0.2, 0.25) is 0 Å². The topological polar surface area (TPSA) is 15.3 Å². The fourth-order valence-corrected chi connectivity index (χ4v) is 5.06. The van der Waals surface area contributed by atoms with Gasteiger partial charge in [0.15, 0.2) is 0 Å². The van der Waals surface area contributed by atoms with E-state index in [1.54, 1.807) is 0 Å². The lowest BCUT2D eigenvalue weighted by atomic mass is 9.80. The van der Waals surface area contributed by atoms with Gasteiger partial charge in [0.25, 0.3) is 0 Å². The van der Waals surface area contributed by atoms with Gasteiger partial charge in [-0.1, -0.05) is 19.3 Å². The van der Waals surface area contributed by atoms with E-state index in [0.29, 0.717) is 5.54 Å². The SMILES string of the molecule is C1CCC2(CC1)CN(C1CCCSC1)CCN2. The second kappa shape index (κ2) is 5.50. The number of piperazine rings is 1. The van der Waals surface area contributed by atoms with Crippen molar-refractivity contribution in [1.29, 1.82) is 0 Å². The number of rotatable bonds is 1. The van der Waals surface area contributed by atoms with E-state index < -0.39 is 0 Å². The highest BCUT2D eigenvalue weighted by molar-refractivity contribution is 7.99. The largest absolute Gasteiger partial charge is 0.309 e. The van der Waals surface area contributed by atoms with Crippen LogP contribution in [0, 0.1) is 0 Å². The lowest BCUT2D eigenvalue weighted by molar-refractivity contribution is 0.0709. The van der Waals surface area contributed by atoms with Crippen LogP contribution in [0.5, 0.6) is 0 Å². The van der Waals surface area contributed by atoms with E-state index in [4.69, 9.17) is 0 Å². The van der Waals surface area contributed by atoms with Crippen molar-refractivity contribution < 1.29 is 0 Å². The Hall–Kier alpha value is 0.270. The van der Waals surface area contributed by atoms with Crippen LogP contribution >= 0.6 is 11.8 Å². The Labute approximate surface area is 110 Å². The van der Waals surface area contributed by atoms with Gasteiger partial charge in [-0.2, -0.15) is 11.8 Å². The van der Waals surface area contributed by atoms with Crippen LogP contribution < -0.4 is 5.32 Å². The normalized spacial score (nSPS) is 34.9. The fraction of sp³-hybridized carbons (Fsp3) is 1.00. The Morgan fingerprint density at radius 3 is 2.76 bits per heavy atom. The maximum Gasteiger partial charge on any atom is 0.0309 e. The highest BCUT2D eigenvalue weighted by Gasteiger charge is 2.38. The molecule has 0 aromatic rings. The highest BCUT2D eigenvalue weighted by atomic mass is 32.2. The van der Waals surface area contributed by atoms with E-state index in [-0.39, 0.29) is 0 Å². The molecule has 2 heterocycles. The molecule has 1 aliphatic carbocycles. The summed E-state index contributed by atoms with van der Waals surface area (Å²) in [7, 11) is 0. The first-order valence-electron chi connectivity index (χ1n) is 7.45. The molecule has 2 aliphatic heterocycles. The highest BCUT2D eigenvalue weighted by Crippen LogP contribution is 2.32. The van der Waals surface area contributed by atoms with Crippen molar-refractivity contribution in [1.82, 2.24) is 10.2 Å². The van der Waals surface area contributed by atoms with Crippen LogP contribution in [0.4, 0.5) is 0 Å². The first-order chi connectivity index (χ1) is 8.38. The Morgan fingerprint density at radius 1 is 1.12 bits per heavy atom. The van der Waals surface area contributed by atoms with Crippen LogP contribution in [-0.2, 0) is 0 Å². The number of hydrogen-bond donors (Lipinski definition) is 1. The van der Waals surface area contributed by atoms with Crippen molar-refractivity contribution in [3.8, 4) is 0 Å². The quantitative estimate of drug-likeness (QED) is 0.774. The molecule has 2 saturated heterocycles. The molecule has 3 rings (SSSR count). The summed E-state index contributed by atoms with van der Waals surface area (Å²) in [6.45, 7) is 3.84. The molecule has 17 heavy (non-hydrogen) atoms. The van der Waals surface area contributed by atoms with E-state index in [1.165, 1.54) is 76.1 Å². The predicted molar refractivity (Wildman–Crippen MR) is 75.7 cm³/mol. The van der Waals surface area contributed by atoms with Gasteiger partial charge in [0, 0.05) is 37.0 Å². The first-order valence-corrected chi connectivity index (χ1v) is 8.60. The fourth-order valence-electron chi connectivity index (χ4n) is 3.88. The molecule has 3 heteroatoms. The molecule has 1 N–H and O–H groups in total. The second-order valence-electron chi connectivity index (χ2n) is 6.11. The van der Waals surface area contributed by atoms with Crippen LogP contribution in [0.3, 0.4) is 0 Å². The minimum atomic E-state index is 0.499. The summed E-state index contributed by atoms with van der Waals surface area (Å²) in [6.07, 6.45) is 10.1. The van der Waals surface area contributed by atoms with Gasteiger partial charge in [-0.25, -0.2) is 0 Å². The molecule has 0 bridgehead atoms. The van der Waals surface area contributed by atoms with Crippen molar-refractivity contribution >= 4 is 11.8 Å². The molecule has 1 spiro atoms. The summed E-state index contributed by atoms with van der Waals surface area (Å²) in [5.74, 6) is 2.78. The summed E-state index contributed by atoms with van der Waals surface area (Å²) in [5.41, 5.74) is 0.499. The van der Waals surface area contributed by atoms with Crippen molar-refractivity contribution in [3.63, 3.8) is 0 Å². The van der Waals surface area contributed by atoms with Gasteiger partial charge in [-0.3, -0.25) is 4.90 Å². The molecule has 98 valence electrons.